The van der Waals surface area contributed by atoms with Gasteiger partial charge in [-0.05, 0) is 46.6 Å². The van der Waals surface area contributed by atoms with Crippen LogP contribution in [0, 0.1) is 6.92 Å². The Morgan fingerprint density at radius 3 is 2.33 bits per heavy atom. The van der Waals surface area contributed by atoms with E-state index in [0.29, 0.717) is 0 Å². The average molecular weight is 236 g/mol. The van der Waals surface area contributed by atoms with Crippen molar-refractivity contribution in [2.45, 2.75) is 39.5 Å². The van der Waals surface area contributed by atoms with Crippen molar-refractivity contribution in [1.82, 2.24) is 0 Å². The quantitative estimate of drug-likeness (QED) is 0.522. The second-order valence-electron chi connectivity index (χ2n) is 6.46. The number of hydrogen-bond acceptors (Lipinski definition) is 0. The third-order valence-electron chi connectivity index (χ3n) is 3.91. The summed E-state index contributed by atoms with van der Waals surface area (Å²) in [5, 5.41) is 0. The van der Waals surface area contributed by atoms with E-state index in [2.05, 4.69) is 64.1 Å². The molecule has 0 N–H and O–H groups in total. The van der Waals surface area contributed by atoms with Gasteiger partial charge in [-0.25, -0.2) is 0 Å². The molecule has 0 atom stereocenters. The molecule has 0 bridgehead atoms. The summed E-state index contributed by atoms with van der Waals surface area (Å²) < 4.78 is 0. The monoisotopic (exact) mass is 236 g/mol. The Morgan fingerprint density at radius 1 is 0.833 bits per heavy atom. The summed E-state index contributed by atoms with van der Waals surface area (Å²) in [6.07, 6.45) is 1.09. The van der Waals surface area contributed by atoms with Crippen LogP contribution >= 0.6 is 0 Å². The van der Waals surface area contributed by atoms with Crippen molar-refractivity contribution in [1.29, 1.82) is 0 Å². The molecule has 18 heavy (non-hydrogen) atoms. The van der Waals surface area contributed by atoms with E-state index in [4.69, 9.17) is 0 Å². The molecule has 1 aliphatic carbocycles. The summed E-state index contributed by atoms with van der Waals surface area (Å²) in [5.74, 6) is 0. The zero-order valence-corrected chi connectivity index (χ0v) is 11.7. The predicted octanol–water partition coefficient (Wildman–Crippen LogP) is 4.86. The van der Waals surface area contributed by atoms with Crippen LogP contribution in [0.5, 0.6) is 0 Å². The lowest BCUT2D eigenvalue weighted by molar-refractivity contribution is 0.590. The van der Waals surface area contributed by atoms with Gasteiger partial charge in [-0.1, -0.05) is 62.7 Å². The summed E-state index contributed by atoms with van der Waals surface area (Å²) in [6.45, 7) is 9.00. The molecule has 0 saturated heterocycles. The number of hydrogen-bond donors (Lipinski definition) is 0. The van der Waals surface area contributed by atoms with E-state index >= 15 is 0 Å². The fraction of sp³-hybridized carbons (Fsp3) is 0.333. The molecular formula is C18H20. The lowest BCUT2D eigenvalue weighted by Gasteiger charge is -2.20. The van der Waals surface area contributed by atoms with Gasteiger partial charge in [-0.3, -0.25) is 0 Å². The molecule has 2 aromatic carbocycles. The first kappa shape index (κ1) is 11.5. The van der Waals surface area contributed by atoms with Crippen LogP contribution in [0.4, 0.5) is 0 Å². The summed E-state index contributed by atoms with van der Waals surface area (Å²) in [6, 6.07) is 13.8. The number of fused-ring (bicyclic) bond motifs is 3. The molecule has 0 aliphatic heterocycles. The van der Waals surface area contributed by atoms with Crippen LogP contribution in [-0.4, -0.2) is 0 Å². The Hall–Kier alpha value is -1.56. The van der Waals surface area contributed by atoms with Crippen LogP contribution in [0.3, 0.4) is 0 Å². The highest BCUT2D eigenvalue weighted by Crippen LogP contribution is 2.39. The number of benzene rings is 2. The van der Waals surface area contributed by atoms with Gasteiger partial charge in [0, 0.05) is 0 Å². The molecule has 3 rings (SSSR count). The van der Waals surface area contributed by atoms with Crippen molar-refractivity contribution < 1.29 is 0 Å². The van der Waals surface area contributed by atoms with Crippen LogP contribution in [-0.2, 0) is 11.8 Å². The van der Waals surface area contributed by atoms with E-state index in [-0.39, 0.29) is 5.41 Å². The van der Waals surface area contributed by atoms with E-state index in [1.54, 1.807) is 0 Å². The van der Waals surface area contributed by atoms with Gasteiger partial charge in [-0.2, -0.15) is 0 Å². The topological polar surface area (TPSA) is 0 Å². The SMILES string of the molecule is Cc1ccc2c(c1)-c1ccc(C(C)(C)C)cc1C2. The lowest BCUT2D eigenvalue weighted by Crippen LogP contribution is -2.11. The van der Waals surface area contributed by atoms with E-state index in [0.717, 1.165) is 6.42 Å². The molecule has 0 amide bonds. The normalized spacial score (nSPS) is 13.3. The van der Waals surface area contributed by atoms with Crippen molar-refractivity contribution in [3.05, 3.63) is 58.7 Å². The summed E-state index contributed by atoms with van der Waals surface area (Å²) in [7, 11) is 0. The predicted molar refractivity (Wildman–Crippen MR) is 78.1 cm³/mol. The Morgan fingerprint density at radius 2 is 1.61 bits per heavy atom. The second kappa shape index (κ2) is 3.71. The Kier molecular flexibility index (Phi) is 2.38. The largest absolute Gasteiger partial charge is 0.0590 e. The Bertz CT molecular complexity index is 612. The molecule has 2 aromatic rings. The molecule has 0 heterocycles. The highest BCUT2D eigenvalue weighted by atomic mass is 14.3. The third kappa shape index (κ3) is 1.77. The van der Waals surface area contributed by atoms with Crippen LogP contribution in [0.1, 0.15) is 43.0 Å². The van der Waals surface area contributed by atoms with Gasteiger partial charge in [0.05, 0.1) is 0 Å². The highest BCUT2D eigenvalue weighted by Gasteiger charge is 2.21. The first-order valence-corrected chi connectivity index (χ1v) is 6.68. The smallest absolute Gasteiger partial charge is 0.00133 e. The lowest BCUT2D eigenvalue weighted by atomic mass is 9.85. The minimum absolute atomic E-state index is 0.236. The first-order valence-electron chi connectivity index (χ1n) is 6.68. The van der Waals surface area contributed by atoms with Gasteiger partial charge in [0.1, 0.15) is 0 Å². The van der Waals surface area contributed by atoms with Gasteiger partial charge in [-0.15, -0.1) is 0 Å². The third-order valence-corrected chi connectivity index (χ3v) is 3.91. The van der Waals surface area contributed by atoms with Crippen molar-refractivity contribution in [3.63, 3.8) is 0 Å². The fourth-order valence-corrected chi connectivity index (χ4v) is 2.77. The van der Waals surface area contributed by atoms with Gasteiger partial charge in [0.25, 0.3) is 0 Å². The van der Waals surface area contributed by atoms with Crippen LogP contribution in [0.25, 0.3) is 11.1 Å². The molecule has 0 aromatic heterocycles. The van der Waals surface area contributed by atoms with Crippen molar-refractivity contribution in [2.24, 2.45) is 0 Å². The molecule has 0 spiro atoms. The molecular weight excluding hydrogens is 216 g/mol. The maximum atomic E-state index is 2.39. The van der Waals surface area contributed by atoms with Crippen LogP contribution in [0.15, 0.2) is 36.4 Å². The van der Waals surface area contributed by atoms with Crippen molar-refractivity contribution in [3.8, 4) is 11.1 Å². The number of aryl methyl sites for hydroxylation is 1. The van der Waals surface area contributed by atoms with E-state index in [1.165, 1.54) is 33.4 Å². The van der Waals surface area contributed by atoms with E-state index in [9.17, 15) is 0 Å². The van der Waals surface area contributed by atoms with Gasteiger partial charge in [0.2, 0.25) is 0 Å². The van der Waals surface area contributed by atoms with Gasteiger partial charge >= 0.3 is 0 Å². The van der Waals surface area contributed by atoms with Crippen molar-refractivity contribution >= 4 is 0 Å². The maximum absolute atomic E-state index is 2.39. The summed E-state index contributed by atoms with van der Waals surface area (Å²) >= 11 is 0. The zero-order chi connectivity index (χ0) is 12.9. The molecule has 0 heteroatoms. The van der Waals surface area contributed by atoms with Gasteiger partial charge in [0.15, 0.2) is 0 Å². The van der Waals surface area contributed by atoms with Crippen LogP contribution in [0.2, 0.25) is 0 Å². The van der Waals surface area contributed by atoms with E-state index in [1.807, 2.05) is 0 Å². The molecule has 1 aliphatic rings. The van der Waals surface area contributed by atoms with Gasteiger partial charge < -0.3 is 0 Å². The standard InChI is InChI=1S/C18H20/c1-12-5-6-13-10-14-11-15(18(2,3)4)7-8-16(14)17(13)9-12/h5-9,11H,10H2,1-4H3. The maximum Gasteiger partial charge on any atom is -0.00133 e. The second-order valence-corrected chi connectivity index (χ2v) is 6.46. The minimum atomic E-state index is 0.236. The average Bonchev–Trinajstić information content (AvgIpc) is 2.65. The zero-order valence-electron chi connectivity index (χ0n) is 11.7. The Labute approximate surface area is 110 Å². The summed E-state index contributed by atoms with van der Waals surface area (Å²) in [5.41, 5.74) is 8.85. The molecule has 0 radical (unpaired) electrons. The van der Waals surface area contributed by atoms with E-state index < -0.39 is 0 Å². The molecule has 0 unspecified atom stereocenters. The van der Waals surface area contributed by atoms with Crippen LogP contribution < -0.4 is 0 Å². The van der Waals surface area contributed by atoms with Crippen molar-refractivity contribution in [2.75, 3.05) is 0 Å². The highest BCUT2D eigenvalue weighted by molar-refractivity contribution is 5.77. The number of rotatable bonds is 0. The molecule has 92 valence electrons. The molecule has 0 saturated carbocycles. The Balaban J connectivity index is 2.13. The summed E-state index contributed by atoms with van der Waals surface area (Å²) in [4.78, 5) is 0. The first-order chi connectivity index (χ1) is 8.45. The minimum Gasteiger partial charge on any atom is -0.0590 e. The molecule has 0 nitrogen and oxygen atoms in total. The molecule has 0 fully saturated rings. The fourth-order valence-electron chi connectivity index (χ4n) is 2.77.